The molecule has 0 aliphatic heterocycles. The standard InChI is InChI=1S/C20H34O4/c1-13-11-15(22)17-18(2,3)8-6-9-19(17,4)14(13)7-10-20(5,24)16(23)12-21/h11,14,16-17,21,23-24H,6-10,12H2,1-5H3/t14-,16+,17-,19+,20-/m0/s1. The third kappa shape index (κ3) is 3.33. The quantitative estimate of drug-likeness (QED) is 0.720. The summed E-state index contributed by atoms with van der Waals surface area (Å²) in [5.74, 6) is 0.482. The summed E-state index contributed by atoms with van der Waals surface area (Å²) < 4.78 is 0. The molecule has 0 aromatic carbocycles. The van der Waals surface area contributed by atoms with E-state index in [1.54, 1.807) is 13.0 Å². The first-order valence-corrected chi connectivity index (χ1v) is 9.19. The van der Waals surface area contributed by atoms with Crippen LogP contribution in [0.3, 0.4) is 0 Å². The highest BCUT2D eigenvalue weighted by Gasteiger charge is 2.55. The highest BCUT2D eigenvalue weighted by Crippen LogP contribution is 2.59. The summed E-state index contributed by atoms with van der Waals surface area (Å²) in [6.07, 6.45) is 4.99. The number of aliphatic hydroxyl groups is 3. The second-order valence-corrected chi connectivity index (χ2v) is 9.22. The maximum absolute atomic E-state index is 12.8. The van der Waals surface area contributed by atoms with Crippen molar-refractivity contribution in [3.63, 3.8) is 0 Å². The molecule has 24 heavy (non-hydrogen) atoms. The van der Waals surface area contributed by atoms with E-state index in [2.05, 4.69) is 20.8 Å². The van der Waals surface area contributed by atoms with E-state index in [1.165, 1.54) is 0 Å². The lowest BCUT2D eigenvalue weighted by molar-refractivity contribution is -0.137. The van der Waals surface area contributed by atoms with Crippen LogP contribution in [0.2, 0.25) is 0 Å². The van der Waals surface area contributed by atoms with Gasteiger partial charge in [0.1, 0.15) is 6.10 Å². The molecular formula is C20H34O4. The summed E-state index contributed by atoms with van der Waals surface area (Å²) in [4.78, 5) is 12.8. The highest BCUT2D eigenvalue weighted by atomic mass is 16.4. The van der Waals surface area contributed by atoms with Crippen molar-refractivity contribution in [1.82, 2.24) is 0 Å². The van der Waals surface area contributed by atoms with Gasteiger partial charge in [-0.3, -0.25) is 4.79 Å². The molecule has 2 aliphatic rings. The minimum Gasteiger partial charge on any atom is -0.394 e. The van der Waals surface area contributed by atoms with Gasteiger partial charge in [-0.05, 0) is 62.4 Å². The Labute approximate surface area is 146 Å². The molecule has 0 aromatic rings. The molecule has 0 unspecified atom stereocenters. The summed E-state index contributed by atoms with van der Waals surface area (Å²) in [7, 11) is 0. The van der Waals surface area contributed by atoms with Crippen LogP contribution in [-0.2, 0) is 4.79 Å². The molecule has 0 amide bonds. The van der Waals surface area contributed by atoms with Gasteiger partial charge in [-0.25, -0.2) is 0 Å². The van der Waals surface area contributed by atoms with E-state index in [1.807, 2.05) is 6.92 Å². The number of hydrogen-bond donors (Lipinski definition) is 3. The Hall–Kier alpha value is -0.710. The van der Waals surface area contributed by atoms with Gasteiger partial charge in [0, 0.05) is 5.92 Å². The molecule has 0 heterocycles. The summed E-state index contributed by atoms with van der Waals surface area (Å²) in [5.41, 5.74) is -0.331. The van der Waals surface area contributed by atoms with E-state index in [-0.39, 0.29) is 28.4 Å². The number of hydrogen-bond acceptors (Lipinski definition) is 4. The predicted octanol–water partition coefficient (Wildman–Crippen LogP) is 2.85. The van der Waals surface area contributed by atoms with Gasteiger partial charge in [-0.1, -0.05) is 32.8 Å². The first-order chi connectivity index (χ1) is 11.0. The zero-order valence-electron chi connectivity index (χ0n) is 15.8. The van der Waals surface area contributed by atoms with E-state index >= 15 is 0 Å². The predicted molar refractivity (Wildman–Crippen MR) is 94.4 cm³/mol. The highest BCUT2D eigenvalue weighted by molar-refractivity contribution is 5.94. The van der Waals surface area contributed by atoms with Crippen molar-refractivity contribution in [2.75, 3.05) is 6.61 Å². The smallest absolute Gasteiger partial charge is 0.159 e. The van der Waals surface area contributed by atoms with Crippen molar-refractivity contribution >= 4 is 5.78 Å². The van der Waals surface area contributed by atoms with Gasteiger partial charge >= 0.3 is 0 Å². The number of carbonyl (C=O) groups is 1. The van der Waals surface area contributed by atoms with Gasteiger partial charge in [0.05, 0.1) is 12.2 Å². The van der Waals surface area contributed by atoms with Crippen molar-refractivity contribution in [3.8, 4) is 0 Å². The molecule has 138 valence electrons. The molecule has 2 rings (SSSR count). The van der Waals surface area contributed by atoms with E-state index < -0.39 is 18.3 Å². The monoisotopic (exact) mass is 338 g/mol. The number of rotatable bonds is 5. The van der Waals surface area contributed by atoms with Gasteiger partial charge < -0.3 is 15.3 Å². The zero-order valence-corrected chi connectivity index (χ0v) is 15.8. The fraction of sp³-hybridized carbons (Fsp3) is 0.850. The molecule has 5 atom stereocenters. The summed E-state index contributed by atoms with van der Waals surface area (Å²) in [6, 6.07) is 0. The largest absolute Gasteiger partial charge is 0.394 e. The van der Waals surface area contributed by atoms with E-state index in [0.29, 0.717) is 12.8 Å². The second kappa shape index (κ2) is 6.54. The molecule has 4 nitrogen and oxygen atoms in total. The fourth-order valence-electron chi connectivity index (χ4n) is 5.48. The lowest BCUT2D eigenvalue weighted by atomic mass is 9.47. The molecule has 0 spiro atoms. The van der Waals surface area contributed by atoms with Crippen molar-refractivity contribution in [1.29, 1.82) is 0 Å². The van der Waals surface area contributed by atoms with E-state index in [9.17, 15) is 15.0 Å². The van der Waals surface area contributed by atoms with Crippen molar-refractivity contribution in [3.05, 3.63) is 11.6 Å². The van der Waals surface area contributed by atoms with Crippen LogP contribution >= 0.6 is 0 Å². The van der Waals surface area contributed by atoms with Crippen LogP contribution in [-0.4, -0.2) is 39.4 Å². The molecule has 2 aliphatic carbocycles. The average molecular weight is 338 g/mol. The summed E-state index contributed by atoms with van der Waals surface area (Å²) >= 11 is 0. The molecular weight excluding hydrogens is 304 g/mol. The Morgan fingerprint density at radius 2 is 1.96 bits per heavy atom. The molecule has 4 heteroatoms. The number of carbonyl (C=O) groups excluding carboxylic acids is 1. The van der Waals surface area contributed by atoms with Crippen LogP contribution < -0.4 is 0 Å². The molecule has 3 N–H and O–H groups in total. The average Bonchev–Trinajstić information content (AvgIpc) is 2.43. The Morgan fingerprint density at radius 1 is 1.33 bits per heavy atom. The molecule has 1 fully saturated rings. The van der Waals surface area contributed by atoms with Crippen molar-refractivity contribution in [2.24, 2.45) is 22.7 Å². The third-order valence-electron chi connectivity index (χ3n) is 6.81. The topological polar surface area (TPSA) is 77.8 Å². The van der Waals surface area contributed by atoms with Gasteiger partial charge in [0.25, 0.3) is 0 Å². The third-order valence-corrected chi connectivity index (χ3v) is 6.81. The van der Waals surface area contributed by atoms with Gasteiger partial charge in [0.2, 0.25) is 0 Å². The Morgan fingerprint density at radius 3 is 2.54 bits per heavy atom. The first kappa shape index (κ1) is 19.6. The normalized spacial score (nSPS) is 36.5. The van der Waals surface area contributed by atoms with Crippen LogP contribution in [0.25, 0.3) is 0 Å². The van der Waals surface area contributed by atoms with Crippen LogP contribution in [0.4, 0.5) is 0 Å². The SMILES string of the molecule is CC1=CC(=O)[C@H]2C(C)(C)CCC[C@]2(C)[C@H]1CC[C@](C)(O)[C@H](O)CO. The summed E-state index contributed by atoms with van der Waals surface area (Å²) in [5, 5.41) is 29.4. The van der Waals surface area contributed by atoms with Crippen LogP contribution in [0.15, 0.2) is 11.6 Å². The van der Waals surface area contributed by atoms with Gasteiger partial charge in [-0.15, -0.1) is 0 Å². The maximum Gasteiger partial charge on any atom is 0.159 e. The fourth-order valence-corrected chi connectivity index (χ4v) is 5.48. The van der Waals surface area contributed by atoms with Crippen molar-refractivity contribution < 1.29 is 20.1 Å². The van der Waals surface area contributed by atoms with Gasteiger partial charge in [0.15, 0.2) is 5.78 Å². The molecule has 0 saturated heterocycles. The Bertz CT molecular complexity index is 520. The van der Waals surface area contributed by atoms with E-state index in [0.717, 1.165) is 24.8 Å². The van der Waals surface area contributed by atoms with Crippen LogP contribution in [0.5, 0.6) is 0 Å². The Balaban J connectivity index is 2.28. The minimum absolute atomic E-state index is 0.00728. The van der Waals surface area contributed by atoms with Crippen LogP contribution in [0, 0.1) is 22.7 Å². The summed E-state index contributed by atoms with van der Waals surface area (Å²) in [6.45, 7) is 9.77. The van der Waals surface area contributed by atoms with E-state index in [4.69, 9.17) is 5.11 Å². The Kier molecular flexibility index (Phi) is 5.35. The number of allylic oxidation sites excluding steroid dienone is 2. The van der Waals surface area contributed by atoms with Crippen molar-refractivity contribution in [2.45, 2.75) is 78.4 Å². The molecule has 0 radical (unpaired) electrons. The molecule has 0 bridgehead atoms. The number of ketones is 1. The maximum atomic E-state index is 12.8. The second-order valence-electron chi connectivity index (χ2n) is 9.22. The minimum atomic E-state index is -1.31. The lowest BCUT2D eigenvalue weighted by Gasteiger charge is -2.56. The number of aliphatic hydroxyl groups excluding tert-OH is 2. The molecule has 1 saturated carbocycles. The molecule has 0 aromatic heterocycles. The number of fused-ring (bicyclic) bond motifs is 1. The zero-order chi connectivity index (χ0) is 18.3. The lowest BCUT2D eigenvalue weighted by Crippen LogP contribution is -2.53. The van der Waals surface area contributed by atoms with Gasteiger partial charge in [-0.2, -0.15) is 0 Å². The first-order valence-electron chi connectivity index (χ1n) is 9.19. The van der Waals surface area contributed by atoms with Crippen LogP contribution in [0.1, 0.15) is 66.7 Å².